The first-order valence-electron chi connectivity index (χ1n) is 7.75. The number of benzene rings is 2. The quantitative estimate of drug-likeness (QED) is 0.771. The zero-order chi connectivity index (χ0) is 17.1. The lowest BCUT2D eigenvalue weighted by atomic mass is 9.83. The lowest BCUT2D eigenvalue weighted by Gasteiger charge is -2.29. The molecule has 0 bridgehead atoms. The van der Waals surface area contributed by atoms with Gasteiger partial charge in [0.25, 0.3) is 0 Å². The standard InChI is InChI=1S/C18H19ClN2O2S/c1-20-9-15(21-18(22)23)17-11-6-4-7-14(19)13(11)10-24-16-8-3-2-5-12(16)17/h2-8,15,17,20-21H,9-10H2,1H3,(H,22,23). The van der Waals surface area contributed by atoms with Crippen molar-refractivity contribution in [2.75, 3.05) is 13.6 Å². The first-order chi connectivity index (χ1) is 11.6. The van der Waals surface area contributed by atoms with E-state index in [1.165, 1.54) is 4.90 Å². The van der Waals surface area contributed by atoms with Crippen LogP contribution in [0.25, 0.3) is 0 Å². The van der Waals surface area contributed by atoms with Crippen LogP contribution in [-0.2, 0) is 5.75 Å². The van der Waals surface area contributed by atoms with E-state index in [9.17, 15) is 9.90 Å². The van der Waals surface area contributed by atoms with Gasteiger partial charge < -0.3 is 15.7 Å². The van der Waals surface area contributed by atoms with Crippen molar-refractivity contribution < 1.29 is 9.90 Å². The van der Waals surface area contributed by atoms with Crippen LogP contribution in [0, 0.1) is 0 Å². The predicted molar refractivity (Wildman–Crippen MR) is 98.2 cm³/mol. The van der Waals surface area contributed by atoms with Crippen LogP contribution in [0.2, 0.25) is 5.02 Å². The Bertz CT molecular complexity index is 754. The van der Waals surface area contributed by atoms with Crippen LogP contribution in [0.1, 0.15) is 22.6 Å². The number of carbonyl (C=O) groups is 1. The van der Waals surface area contributed by atoms with Crippen LogP contribution in [0.4, 0.5) is 4.79 Å². The third kappa shape index (κ3) is 3.38. The Morgan fingerprint density at radius 2 is 2.04 bits per heavy atom. The highest BCUT2D eigenvalue weighted by Gasteiger charge is 2.32. The van der Waals surface area contributed by atoms with Gasteiger partial charge >= 0.3 is 6.09 Å². The van der Waals surface area contributed by atoms with E-state index >= 15 is 0 Å². The highest BCUT2D eigenvalue weighted by atomic mass is 35.5. The molecule has 0 aliphatic carbocycles. The average Bonchev–Trinajstić information content (AvgIpc) is 2.72. The number of amides is 1. The van der Waals surface area contributed by atoms with E-state index in [4.69, 9.17) is 11.6 Å². The van der Waals surface area contributed by atoms with E-state index < -0.39 is 6.09 Å². The number of hydrogen-bond acceptors (Lipinski definition) is 3. The van der Waals surface area contributed by atoms with Crippen LogP contribution in [0.3, 0.4) is 0 Å². The zero-order valence-corrected chi connectivity index (χ0v) is 14.8. The van der Waals surface area contributed by atoms with E-state index in [1.54, 1.807) is 11.8 Å². The summed E-state index contributed by atoms with van der Waals surface area (Å²) in [5.41, 5.74) is 3.31. The van der Waals surface area contributed by atoms with Gasteiger partial charge in [-0.2, -0.15) is 0 Å². The molecule has 2 atom stereocenters. The van der Waals surface area contributed by atoms with Gasteiger partial charge in [-0.3, -0.25) is 0 Å². The van der Waals surface area contributed by atoms with Crippen molar-refractivity contribution in [2.45, 2.75) is 22.6 Å². The van der Waals surface area contributed by atoms with Crippen molar-refractivity contribution in [3.63, 3.8) is 0 Å². The Balaban J connectivity index is 2.17. The number of carboxylic acid groups (broad SMARTS) is 1. The third-order valence-electron chi connectivity index (χ3n) is 4.25. The molecule has 1 amide bonds. The van der Waals surface area contributed by atoms with Gasteiger partial charge in [0.05, 0.1) is 6.04 Å². The molecular formula is C18H19ClN2O2S. The molecule has 3 N–H and O–H groups in total. The monoisotopic (exact) mass is 362 g/mol. The molecule has 2 unspecified atom stereocenters. The summed E-state index contributed by atoms with van der Waals surface area (Å²) in [4.78, 5) is 12.5. The fraction of sp³-hybridized carbons (Fsp3) is 0.278. The summed E-state index contributed by atoms with van der Waals surface area (Å²) in [5.74, 6) is 0.690. The molecule has 0 fully saturated rings. The maximum absolute atomic E-state index is 11.3. The summed E-state index contributed by atoms with van der Waals surface area (Å²) >= 11 is 8.19. The summed E-state index contributed by atoms with van der Waals surface area (Å²) in [5, 5.41) is 15.8. The van der Waals surface area contributed by atoms with Gasteiger partial charge in [0.15, 0.2) is 0 Å². The van der Waals surface area contributed by atoms with Crippen LogP contribution in [0.15, 0.2) is 47.4 Å². The van der Waals surface area contributed by atoms with E-state index in [0.717, 1.165) is 27.5 Å². The minimum atomic E-state index is -1.02. The Kier molecular flexibility index (Phi) is 5.33. The zero-order valence-electron chi connectivity index (χ0n) is 13.3. The molecule has 0 aromatic heterocycles. The molecule has 3 rings (SSSR count). The molecule has 6 heteroatoms. The molecule has 24 heavy (non-hydrogen) atoms. The Hall–Kier alpha value is -1.69. The van der Waals surface area contributed by atoms with Crippen LogP contribution < -0.4 is 10.6 Å². The lowest BCUT2D eigenvalue weighted by Crippen LogP contribution is -2.45. The Morgan fingerprint density at radius 1 is 1.29 bits per heavy atom. The minimum Gasteiger partial charge on any atom is -0.465 e. The second-order valence-corrected chi connectivity index (χ2v) is 7.15. The number of nitrogens with one attached hydrogen (secondary N) is 2. The summed E-state index contributed by atoms with van der Waals surface area (Å²) < 4.78 is 0. The van der Waals surface area contributed by atoms with E-state index in [-0.39, 0.29) is 12.0 Å². The second kappa shape index (κ2) is 7.47. The lowest BCUT2D eigenvalue weighted by molar-refractivity contribution is 0.188. The number of thioether (sulfide) groups is 1. The smallest absolute Gasteiger partial charge is 0.404 e. The van der Waals surface area contributed by atoms with Crippen LogP contribution in [0.5, 0.6) is 0 Å². The fourth-order valence-electron chi connectivity index (χ4n) is 3.27. The van der Waals surface area contributed by atoms with E-state index in [1.807, 2.05) is 31.3 Å². The minimum absolute atomic E-state index is 0.0894. The summed E-state index contributed by atoms with van der Waals surface area (Å²) in [7, 11) is 1.83. The molecule has 1 aliphatic heterocycles. The fourth-order valence-corrected chi connectivity index (χ4v) is 4.76. The second-order valence-electron chi connectivity index (χ2n) is 5.73. The maximum Gasteiger partial charge on any atom is 0.404 e. The molecule has 0 spiro atoms. The van der Waals surface area contributed by atoms with Crippen molar-refractivity contribution in [1.82, 2.24) is 10.6 Å². The predicted octanol–water partition coefficient (Wildman–Crippen LogP) is 3.93. The number of likely N-dealkylation sites (N-methyl/N-ethyl adjacent to an activating group) is 1. The first-order valence-corrected chi connectivity index (χ1v) is 9.11. The highest BCUT2D eigenvalue weighted by Crippen LogP contribution is 2.43. The number of hydrogen-bond donors (Lipinski definition) is 3. The molecule has 126 valence electrons. The number of halogens is 1. The maximum atomic E-state index is 11.3. The molecule has 0 saturated carbocycles. The third-order valence-corrected chi connectivity index (χ3v) is 5.72. The average molecular weight is 363 g/mol. The van der Waals surface area contributed by atoms with E-state index in [0.29, 0.717) is 6.54 Å². The molecule has 2 aromatic carbocycles. The summed E-state index contributed by atoms with van der Waals surface area (Å²) in [6.07, 6.45) is -1.02. The Labute approximate surface area is 150 Å². The van der Waals surface area contributed by atoms with Gasteiger partial charge in [-0.25, -0.2) is 4.79 Å². The normalized spacial score (nSPS) is 17.3. The largest absolute Gasteiger partial charge is 0.465 e. The van der Waals surface area contributed by atoms with Crippen molar-refractivity contribution in [3.8, 4) is 0 Å². The topological polar surface area (TPSA) is 61.4 Å². The number of fused-ring (bicyclic) bond motifs is 2. The molecule has 1 heterocycles. The van der Waals surface area contributed by atoms with Crippen LogP contribution in [-0.4, -0.2) is 30.8 Å². The van der Waals surface area contributed by atoms with Gasteiger partial charge in [-0.1, -0.05) is 41.9 Å². The highest BCUT2D eigenvalue weighted by molar-refractivity contribution is 7.98. The van der Waals surface area contributed by atoms with Crippen molar-refractivity contribution in [1.29, 1.82) is 0 Å². The Morgan fingerprint density at radius 3 is 2.79 bits per heavy atom. The molecule has 2 aromatic rings. The van der Waals surface area contributed by atoms with Gasteiger partial charge in [0.2, 0.25) is 0 Å². The molecule has 0 radical (unpaired) electrons. The van der Waals surface area contributed by atoms with Crippen molar-refractivity contribution >= 4 is 29.5 Å². The van der Waals surface area contributed by atoms with Gasteiger partial charge in [-0.05, 0) is 35.9 Å². The molecule has 0 saturated heterocycles. The van der Waals surface area contributed by atoms with Crippen molar-refractivity contribution in [3.05, 3.63) is 64.2 Å². The SMILES string of the molecule is CNCC(NC(=O)O)C1c2ccccc2SCc2c(Cl)cccc21. The van der Waals surface area contributed by atoms with Gasteiger partial charge in [0.1, 0.15) is 0 Å². The van der Waals surface area contributed by atoms with E-state index in [2.05, 4.69) is 28.8 Å². The summed E-state index contributed by atoms with van der Waals surface area (Å²) in [6, 6.07) is 13.8. The summed E-state index contributed by atoms with van der Waals surface area (Å²) in [6.45, 7) is 0.530. The molecular weight excluding hydrogens is 344 g/mol. The van der Waals surface area contributed by atoms with Crippen LogP contribution >= 0.6 is 23.4 Å². The number of rotatable bonds is 4. The van der Waals surface area contributed by atoms with Gasteiger partial charge in [0, 0.05) is 28.1 Å². The molecule has 4 nitrogen and oxygen atoms in total. The van der Waals surface area contributed by atoms with Gasteiger partial charge in [-0.15, -0.1) is 11.8 Å². The first kappa shape index (κ1) is 17.1. The molecule has 1 aliphatic rings. The van der Waals surface area contributed by atoms with Crippen molar-refractivity contribution in [2.24, 2.45) is 0 Å².